The zero-order valence-electron chi connectivity index (χ0n) is 18.9. The lowest BCUT2D eigenvalue weighted by Crippen LogP contribution is -2.22. The monoisotopic (exact) mass is 439 g/mol. The summed E-state index contributed by atoms with van der Waals surface area (Å²) in [6, 6.07) is 26.0. The summed E-state index contributed by atoms with van der Waals surface area (Å²) in [4.78, 5) is 17.1. The number of carbonyl (C=O) groups excluding carboxylic acids is 1. The van der Waals surface area contributed by atoms with Crippen LogP contribution in [0.1, 0.15) is 29.8 Å². The first-order chi connectivity index (χ1) is 16.2. The molecular weight excluding hydrogens is 410 g/mol. The number of fused-ring (bicyclic) bond motifs is 1. The first kappa shape index (κ1) is 22.3. The second-order valence-electron chi connectivity index (χ2n) is 7.95. The lowest BCUT2D eigenvalue weighted by atomic mass is 10.2. The molecule has 0 aliphatic heterocycles. The maximum absolute atomic E-state index is 12.3. The van der Waals surface area contributed by atoms with Crippen molar-refractivity contribution in [2.75, 3.05) is 6.61 Å². The number of nitrogens with one attached hydrogen (secondary N) is 1. The van der Waals surface area contributed by atoms with Crippen molar-refractivity contribution < 1.29 is 9.53 Å². The maximum atomic E-state index is 12.3. The molecule has 4 aromatic rings. The molecule has 4 rings (SSSR count). The van der Waals surface area contributed by atoms with Crippen LogP contribution in [0.3, 0.4) is 0 Å². The van der Waals surface area contributed by atoms with Gasteiger partial charge in [-0.15, -0.1) is 0 Å². The minimum Gasteiger partial charge on any atom is -0.493 e. The van der Waals surface area contributed by atoms with Gasteiger partial charge in [0.05, 0.1) is 24.2 Å². The molecule has 0 unspecified atom stereocenters. The second-order valence-corrected chi connectivity index (χ2v) is 7.95. The number of rotatable bonds is 10. The first-order valence-electron chi connectivity index (χ1n) is 11.3. The van der Waals surface area contributed by atoms with Gasteiger partial charge in [-0.2, -0.15) is 0 Å². The van der Waals surface area contributed by atoms with E-state index in [1.165, 1.54) is 0 Å². The van der Waals surface area contributed by atoms with Crippen LogP contribution in [0.25, 0.3) is 17.1 Å². The number of ether oxygens (including phenoxy) is 1. The number of carbonyl (C=O) groups is 1. The number of hydrogen-bond acceptors (Lipinski definition) is 3. The Hall–Kier alpha value is -3.86. The van der Waals surface area contributed by atoms with Crippen LogP contribution < -0.4 is 10.1 Å². The zero-order chi connectivity index (χ0) is 22.9. The van der Waals surface area contributed by atoms with Crippen molar-refractivity contribution in [3.63, 3.8) is 0 Å². The highest BCUT2D eigenvalue weighted by atomic mass is 16.5. The number of hydrogen-bond donors (Lipinski definition) is 1. The highest BCUT2D eigenvalue weighted by Gasteiger charge is 2.11. The fourth-order valence-corrected chi connectivity index (χ4v) is 3.74. The van der Waals surface area contributed by atoms with Crippen LogP contribution in [0.4, 0.5) is 0 Å². The molecule has 1 heterocycles. The summed E-state index contributed by atoms with van der Waals surface area (Å²) in [5, 5.41) is 2.97. The summed E-state index contributed by atoms with van der Waals surface area (Å²) in [5.74, 6) is 1.67. The van der Waals surface area contributed by atoms with E-state index < -0.39 is 0 Å². The lowest BCUT2D eigenvalue weighted by Gasteiger charge is -2.11. The molecule has 0 atom stereocenters. The molecule has 168 valence electrons. The van der Waals surface area contributed by atoms with Crippen LogP contribution in [-0.2, 0) is 17.9 Å². The smallest absolute Gasteiger partial charge is 0.244 e. The van der Waals surface area contributed by atoms with Gasteiger partial charge in [-0.05, 0) is 55.2 Å². The van der Waals surface area contributed by atoms with Gasteiger partial charge < -0.3 is 14.6 Å². The third-order valence-corrected chi connectivity index (χ3v) is 5.51. The number of unbranched alkanes of at least 4 members (excludes halogenated alkanes) is 1. The third-order valence-electron chi connectivity index (χ3n) is 5.51. The molecule has 0 saturated heterocycles. The van der Waals surface area contributed by atoms with Gasteiger partial charge in [-0.1, -0.05) is 60.7 Å². The van der Waals surface area contributed by atoms with Crippen molar-refractivity contribution >= 4 is 23.0 Å². The van der Waals surface area contributed by atoms with Gasteiger partial charge in [-0.3, -0.25) is 4.79 Å². The van der Waals surface area contributed by atoms with E-state index in [0.717, 1.165) is 53.1 Å². The predicted molar refractivity (Wildman–Crippen MR) is 133 cm³/mol. The molecule has 5 heteroatoms. The van der Waals surface area contributed by atoms with Crippen LogP contribution in [-0.4, -0.2) is 22.1 Å². The van der Waals surface area contributed by atoms with Gasteiger partial charge in [0.15, 0.2) is 0 Å². The molecule has 1 N–H and O–H groups in total. The molecule has 1 amide bonds. The molecule has 1 aromatic heterocycles. The van der Waals surface area contributed by atoms with Gasteiger partial charge in [0, 0.05) is 12.6 Å². The van der Waals surface area contributed by atoms with E-state index in [0.29, 0.717) is 13.2 Å². The maximum Gasteiger partial charge on any atom is 0.244 e. The molecule has 0 aliphatic carbocycles. The van der Waals surface area contributed by atoms with E-state index in [1.807, 2.05) is 72.8 Å². The minimum absolute atomic E-state index is 0.135. The molecule has 0 radical (unpaired) electrons. The van der Waals surface area contributed by atoms with E-state index in [-0.39, 0.29) is 5.91 Å². The van der Waals surface area contributed by atoms with Crippen molar-refractivity contribution in [2.24, 2.45) is 0 Å². The molecule has 0 spiro atoms. The molecule has 0 fully saturated rings. The summed E-state index contributed by atoms with van der Waals surface area (Å²) in [7, 11) is 0. The third kappa shape index (κ3) is 6.10. The first-order valence-corrected chi connectivity index (χ1v) is 11.3. The number of amides is 1. The Morgan fingerprint density at radius 3 is 2.58 bits per heavy atom. The minimum atomic E-state index is -0.135. The average Bonchev–Trinajstić information content (AvgIpc) is 3.20. The van der Waals surface area contributed by atoms with Gasteiger partial charge in [0.1, 0.15) is 11.6 Å². The van der Waals surface area contributed by atoms with Gasteiger partial charge in [0.25, 0.3) is 0 Å². The number of benzene rings is 3. The van der Waals surface area contributed by atoms with E-state index in [4.69, 9.17) is 9.72 Å². The Morgan fingerprint density at radius 2 is 1.73 bits per heavy atom. The van der Waals surface area contributed by atoms with Crippen molar-refractivity contribution in [3.05, 3.63) is 102 Å². The van der Waals surface area contributed by atoms with Crippen molar-refractivity contribution in [3.8, 4) is 5.75 Å². The topological polar surface area (TPSA) is 56.1 Å². The van der Waals surface area contributed by atoms with Gasteiger partial charge in [-0.25, -0.2) is 4.98 Å². The van der Waals surface area contributed by atoms with E-state index in [2.05, 4.69) is 28.9 Å². The van der Waals surface area contributed by atoms with E-state index in [9.17, 15) is 4.79 Å². The highest BCUT2D eigenvalue weighted by Crippen LogP contribution is 2.19. The summed E-state index contributed by atoms with van der Waals surface area (Å²) < 4.78 is 8.13. The lowest BCUT2D eigenvalue weighted by molar-refractivity contribution is -0.116. The Bertz CT molecular complexity index is 1230. The Morgan fingerprint density at radius 1 is 0.970 bits per heavy atom. The summed E-state index contributed by atoms with van der Waals surface area (Å²) in [6.45, 7) is 3.94. The predicted octanol–water partition coefficient (Wildman–Crippen LogP) is 5.53. The standard InChI is InChI=1S/C28H29N3O2/c1-22-11-5-8-16-26(22)33-20-10-9-19-31-25-15-7-6-14-24(25)30-27(31)21-29-28(32)18-17-23-12-3-2-4-13-23/h2-8,11-18H,9-10,19-21H2,1H3,(H,29,32)/b18-17-. The number of aryl methyl sites for hydroxylation is 2. The zero-order valence-corrected chi connectivity index (χ0v) is 18.9. The van der Waals surface area contributed by atoms with Gasteiger partial charge in [0.2, 0.25) is 5.91 Å². The summed E-state index contributed by atoms with van der Waals surface area (Å²) in [5.41, 5.74) is 4.17. The average molecular weight is 440 g/mol. The van der Waals surface area contributed by atoms with E-state index >= 15 is 0 Å². The summed E-state index contributed by atoms with van der Waals surface area (Å²) in [6.07, 6.45) is 5.27. The molecule has 33 heavy (non-hydrogen) atoms. The second kappa shape index (κ2) is 11.1. The largest absolute Gasteiger partial charge is 0.493 e. The van der Waals surface area contributed by atoms with Crippen LogP contribution in [0.15, 0.2) is 84.9 Å². The molecule has 3 aromatic carbocycles. The van der Waals surface area contributed by atoms with Crippen molar-refractivity contribution in [1.29, 1.82) is 0 Å². The highest BCUT2D eigenvalue weighted by molar-refractivity contribution is 5.91. The van der Waals surface area contributed by atoms with Crippen molar-refractivity contribution in [1.82, 2.24) is 14.9 Å². The Kier molecular flexibility index (Phi) is 7.54. The van der Waals surface area contributed by atoms with Crippen LogP contribution in [0, 0.1) is 6.92 Å². The van der Waals surface area contributed by atoms with Gasteiger partial charge >= 0.3 is 0 Å². The fraction of sp³-hybridized carbons (Fsp3) is 0.214. The molecule has 0 saturated carbocycles. The van der Waals surface area contributed by atoms with Crippen molar-refractivity contribution in [2.45, 2.75) is 32.9 Å². The molecular formula is C28H29N3O2. The number of para-hydroxylation sites is 3. The Balaban J connectivity index is 1.34. The molecule has 5 nitrogen and oxygen atoms in total. The molecule has 0 aliphatic rings. The van der Waals surface area contributed by atoms with Crippen LogP contribution in [0.2, 0.25) is 0 Å². The molecule has 0 bridgehead atoms. The quantitative estimate of drug-likeness (QED) is 0.261. The summed E-state index contributed by atoms with van der Waals surface area (Å²) >= 11 is 0. The Labute approximate surface area is 194 Å². The number of aromatic nitrogens is 2. The number of imidazole rings is 1. The van der Waals surface area contributed by atoms with Crippen LogP contribution >= 0.6 is 0 Å². The normalized spacial score (nSPS) is 11.2. The number of nitrogens with zero attached hydrogens (tertiary/aromatic N) is 2. The SMILES string of the molecule is Cc1ccccc1OCCCCn1c(CNC(=O)/C=C\c2ccccc2)nc2ccccc21. The fourth-order valence-electron chi connectivity index (χ4n) is 3.74. The van der Waals surface area contributed by atoms with E-state index in [1.54, 1.807) is 6.08 Å². The van der Waals surface area contributed by atoms with Crippen LogP contribution in [0.5, 0.6) is 5.75 Å².